The molecule has 0 aliphatic carbocycles. The van der Waals surface area contributed by atoms with E-state index in [-0.39, 0.29) is 5.91 Å². The van der Waals surface area contributed by atoms with Crippen LogP contribution in [-0.4, -0.2) is 25.0 Å². The number of carbonyl (C=O) groups excluding carboxylic acids is 1. The first-order chi connectivity index (χ1) is 10.0. The van der Waals surface area contributed by atoms with Crippen molar-refractivity contribution in [1.29, 1.82) is 0 Å². The molecule has 1 amide bonds. The molecule has 0 radical (unpaired) electrons. The minimum atomic E-state index is -0.0608. The first-order valence-corrected chi connectivity index (χ1v) is 7.52. The van der Waals surface area contributed by atoms with Crippen LogP contribution in [0.25, 0.3) is 0 Å². The number of halogens is 2. The number of rotatable bonds is 4. The van der Waals surface area contributed by atoms with E-state index in [1.165, 1.54) is 0 Å². The predicted molar refractivity (Wildman–Crippen MR) is 87.9 cm³/mol. The number of hydrogen-bond acceptors (Lipinski definition) is 2. The van der Waals surface area contributed by atoms with E-state index in [0.29, 0.717) is 21.6 Å². The molecular formula is C16H15BrClNO2. The fourth-order valence-electron chi connectivity index (χ4n) is 1.95. The first-order valence-electron chi connectivity index (χ1n) is 6.34. The molecule has 3 nitrogen and oxygen atoms in total. The minimum absolute atomic E-state index is 0.0608. The van der Waals surface area contributed by atoms with Crippen molar-refractivity contribution in [3.63, 3.8) is 0 Å². The van der Waals surface area contributed by atoms with Crippen molar-refractivity contribution in [1.82, 2.24) is 4.90 Å². The molecule has 0 fully saturated rings. The highest BCUT2D eigenvalue weighted by Gasteiger charge is 2.15. The summed E-state index contributed by atoms with van der Waals surface area (Å²) in [5, 5.41) is 0.594. The molecule has 2 rings (SSSR count). The highest BCUT2D eigenvalue weighted by molar-refractivity contribution is 9.10. The van der Waals surface area contributed by atoms with Crippen LogP contribution in [0.5, 0.6) is 5.75 Å². The number of ether oxygens (including phenoxy) is 1. The molecule has 2 aromatic rings. The smallest absolute Gasteiger partial charge is 0.255 e. The van der Waals surface area contributed by atoms with E-state index in [4.69, 9.17) is 16.3 Å². The maximum Gasteiger partial charge on any atom is 0.255 e. The summed E-state index contributed by atoms with van der Waals surface area (Å²) in [5.41, 5.74) is 1.63. The van der Waals surface area contributed by atoms with Gasteiger partial charge in [0.15, 0.2) is 0 Å². The van der Waals surface area contributed by atoms with Gasteiger partial charge in [-0.15, -0.1) is 0 Å². The summed E-state index contributed by atoms with van der Waals surface area (Å²) in [4.78, 5) is 14.1. The average Bonchev–Trinajstić information content (AvgIpc) is 2.47. The molecule has 0 spiro atoms. The van der Waals surface area contributed by atoms with E-state index < -0.39 is 0 Å². The lowest BCUT2D eigenvalue weighted by Gasteiger charge is -2.18. The molecule has 0 aliphatic rings. The highest BCUT2D eigenvalue weighted by atomic mass is 79.9. The van der Waals surface area contributed by atoms with Gasteiger partial charge in [-0.2, -0.15) is 0 Å². The van der Waals surface area contributed by atoms with Crippen molar-refractivity contribution < 1.29 is 9.53 Å². The van der Waals surface area contributed by atoms with Crippen molar-refractivity contribution in [2.45, 2.75) is 6.54 Å². The summed E-state index contributed by atoms with van der Waals surface area (Å²) in [5.74, 6) is 0.738. The van der Waals surface area contributed by atoms with E-state index in [2.05, 4.69) is 15.9 Å². The Bertz CT molecular complexity index is 643. The molecule has 5 heteroatoms. The summed E-state index contributed by atoms with van der Waals surface area (Å²) in [7, 11) is 3.40. The third-order valence-electron chi connectivity index (χ3n) is 3.09. The quantitative estimate of drug-likeness (QED) is 0.801. The van der Waals surface area contributed by atoms with Gasteiger partial charge in [0.1, 0.15) is 5.75 Å². The Morgan fingerprint density at radius 1 is 1.24 bits per heavy atom. The lowest BCUT2D eigenvalue weighted by molar-refractivity contribution is 0.0784. The number of amides is 1. The fourth-order valence-corrected chi connectivity index (χ4v) is 2.80. The lowest BCUT2D eigenvalue weighted by Crippen LogP contribution is -2.26. The zero-order chi connectivity index (χ0) is 15.4. The van der Waals surface area contributed by atoms with Crippen molar-refractivity contribution in [3.8, 4) is 5.75 Å². The van der Waals surface area contributed by atoms with E-state index in [0.717, 1.165) is 11.3 Å². The van der Waals surface area contributed by atoms with Crippen LogP contribution in [0.3, 0.4) is 0 Å². The van der Waals surface area contributed by atoms with Gasteiger partial charge in [0, 0.05) is 23.1 Å². The van der Waals surface area contributed by atoms with Crippen LogP contribution in [0.15, 0.2) is 46.9 Å². The Kier molecular flexibility index (Phi) is 5.26. The first kappa shape index (κ1) is 15.9. The van der Waals surface area contributed by atoms with Gasteiger partial charge in [-0.25, -0.2) is 0 Å². The molecule has 0 N–H and O–H groups in total. The third kappa shape index (κ3) is 3.99. The molecule has 110 valence electrons. The maximum absolute atomic E-state index is 12.4. The average molecular weight is 369 g/mol. The second-order valence-electron chi connectivity index (χ2n) is 4.63. The molecule has 21 heavy (non-hydrogen) atoms. The van der Waals surface area contributed by atoms with Crippen LogP contribution in [0.1, 0.15) is 15.9 Å². The number of benzene rings is 2. The Morgan fingerprint density at radius 2 is 1.90 bits per heavy atom. The van der Waals surface area contributed by atoms with E-state index in [1.54, 1.807) is 37.3 Å². The maximum atomic E-state index is 12.4. The SMILES string of the molecule is COc1ccc(CN(C)C(=O)c2ccc(Cl)cc2Br)cc1. The summed E-state index contributed by atoms with van der Waals surface area (Å²) >= 11 is 9.26. The second kappa shape index (κ2) is 6.96. The van der Waals surface area contributed by atoms with Crippen LogP contribution >= 0.6 is 27.5 Å². The third-order valence-corrected chi connectivity index (χ3v) is 3.98. The number of nitrogens with zero attached hydrogens (tertiary/aromatic N) is 1. The van der Waals surface area contributed by atoms with Crippen LogP contribution in [0, 0.1) is 0 Å². The molecular weight excluding hydrogens is 354 g/mol. The molecule has 0 bridgehead atoms. The monoisotopic (exact) mass is 367 g/mol. The van der Waals surface area contributed by atoms with Gasteiger partial charge in [-0.05, 0) is 51.8 Å². The number of methoxy groups -OCH3 is 1. The predicted octanol–water partition coefficient (Wildman–Crippen LogP) is 4.38. The Hall–Kier alpha value is -1.52. The topological polar surface area (TPSA) is 29.5 Å². The summed E-state index contributed by atoms with van der Waals surface area (Å²) in [6, 6.07) is 12.8. The fraction of sp³-hybridized carbons (Fsp3) is 0.188. The Balaban J connectivity index is 2.11. The summed E-state index contributed by atoms with van der Waals surface area (Å²) in [6.45, 7) is 0.526. The van der Waals surface area contributed by atoms with Crippen molar-refractivity contribution >= 4 is 33.4 Å². The molecule has 0 saturated heterocycles. The Morgan fingerprint density at radius 3 is 2.48 bits per heavy atom. The lowest BCUT2D eigenvalue weighted by atomic mass is 10.1. The number of hydrogen-bond donors (Lipinski definition) is 0. The molecule has 0 atom stereocenters. The van der Waals surface area contributed by atoms with E-state index in [1.807, 2.05) is 24.3 Å². The molecule has 0 heterocycles. The van der Waals surface area contributed by atoms with Crippen LogP contribution in [0.2, 0.25) is 5.02 Å². The molecule has 0 saturated carbocycles. The zero-order valence-corrected chi connectivity index (χ0v) is 14.1. The van der Waals surface area contributed by atoms with Gasteiger partial charge < -0.3 is 9.64 Å². The molecule has 0 aromatic heterocycles. The molecule has 0 unspecified atom stereocenters. The highest BCUT2D eigenvalue weighted by Crippen LogP contribution is 2.23. The standard InChI is InChI=1S/C16H15BrClNO2/c1-19(10-11-3-6-13(21-2)7-4-11)16(20)14-8-5-12(18)9-15(14)17/h3-9H,10H2,1-2H3. The van der Waals surface area contributed by atoms with Crippen LogP contribution < -0.4 is 4.74 Å². The van der Waals surface area contributed by atoms with Gasteiger partial charge in [-0.1, -0.05) is 23.7 Å². The normalized spacial score (nSPS) is 10.3. The summed E-state index contributed by atoms with van der Waals surface area (Å²) < 4.78 is 5.81. The van der Waals surface area contributed by atoms with Gasteiger partial charge in [0.25, 0.3) is 5.91 Å². The van der Waals surface area contributed by atoms with E-state index in [9.17, 15) is 4.79 Å². The second-order valence-corrected chi connectivity index (χ2v) is 5.92. The zero-order valence-electron chi connectivity index (χ0n) is 11.8. The van der Waals surface area contributed by atoms with Crippen LogP contribution in [0.4, 0.5) is 0 Å². The Labute approximate surface area is 137 Å². The van der Waals surface area contributed by atoms with Crippen molar-refractivity contribution in [2.75, 3.05) is 14.2 Å². The van der Waals surface area contributed by atoms with Gasteiger partial charge >= 0.3 is 0 Å². The van der Waals surface area contributed by atoms with Gasteiger partial charge in [0.05, 0.1) is 12.7 Å². The van der Waals surface area contributed by atoms with Crippen molar-refractivity contribution in [3.05, 3.63) is 63.1 Å². The summed E-state index contributed by atoms with van der Waals surface area (Å²) in [6.07, 6.45) is 0. The van der Waals surface area contributed by atoms with E-state index >= 15 is 0 Å². The molecule has 2 aromatic carbocycles. The van der Waals surface area contributed by atoms with Gasteiger partial charge in [0.2, 0.25) is 0 Å². The minimum Gasteiger partial charge on any atom is -0.497 e. The number of carbonyl (C=O) groups is 1. The van der Waals surface area contributed by atoms with Crippen LogP contribution in [-0.2, 0) is 6.54 Å². The van der Waals surface area contributed by atoms with Gasteiger partial charge in [-0.3, -0.25) is 4.79 Å². The largest absolute Gasteiger partial charge is 0.497 e. The van der Waals surface area contributed by atoms with Crippen molar-refractivity contribution in [2.24, 2.45) is 0 Å². The molecule has 0 aliphatic heterocycles.